The molecule has 2 atom stereocenters. The Hall–Kier alpha value is -2.76. The van der Waals surface area contributed by atoms with Crippen LogP contribution in [0.2, 0.25) is 0 Å². The van der Waals surface area contributed by atoms with Gasteiger partial charge >= 0.3 is 6.03 Å². The number of aromatic nitrogens is 1. The molecule has 0 radical (unpaired) electrons. The molecule has 0 aliphatic carbocycles. The van der Waals surface area contributed by atoms with E-state index in [1.54, 1.807) is 19.5 Å². The summed E-state index contributed by atoms with van der Waals surface area (Å²) < 4.78 is 11.3. The Bertz CT molecular complexity index is 754. The number of nitrogens with zero attached hydrogens (tertiary/aromatic N) is 2. The summed E-state index contributed by atoms with van der Waals surface area (Å²) >= 11 is 0. The van der Waals surface area contributed by atoms with Crippen LogP contribution < -0.4 is 14.8 Å². The van der Waals surface area contributed by atoms with Gasteiger partial charge in [-0.05, 0) is 37.1 Å². The normalized spacial score (nSPS) is 24.2. The fraction of sp³-hybridized carbons (Fsp3) is 0.400. The van der Waals surface area contributed by atoms with Crippen molar-refractivity contribution in [3.05, 3.63) is 48.8 Å². The molecule has 0 spiro atoms. The first kappa shape index (κ1) is 16.7. The van der Waals surface area contributed by atoms with E-state index in [1.807, 2.05) is 41.3 Å². The van der Waals surface area contributed by atoms with Crippen molar-refractivity contribution in [2.75, 3.05) is 12.4 Å². The molecule has 2 aromatic rings. The highest BCUT2D eigenvalue weighted by atomic mass is 16.5. The minimum Gasteiger partial charge on any atom is -0.497 e. The molecule has 3 heterocycles. The van der Waals surface area contributed by atoms with Gasteiger partial charge in [-0.25, -0.2) is 4.79 Å². The highest BCUT2D eigenvalue weighted by Crippen LogP contribution is 2.37. The van der Waals surface area contributed by atoms with Gasteiger partial charge in [0.15, 0.2) is 0 Å². The summed E-state index contributed by atoms with van der Waals surface area (Å²) in [7, 11) is 1.62. The molecule has 6 heteroatoms. The Kier molecular flexibility index (Phi) is 4.65. The van der Waals surface area contributed by atoms with Gasteiger partial charge in [-0.15, -0.1) is 0 Å². The highest BCUT2D eigenvalue weighted by Gasteiger charge is 2.44. The maximum atomic E-state index is 12.8. The Morgan fingerprint density at radius 1 is 1.15 bits per heavy atom. The fourth-order valence-electron chi connectivity index (χ4n) is 4.05. The molecular weight excluding hydrogens is 330 g/mol. The minimum absolute atomic E-state index is 0.0365. The first-order chi connectivity index (χ1) is 12.7. The number of anilines is 1. The monoisotopic (exact) mass is 353 g/mol. The van der Waals surface area contributed by atoms with E-state index in [9.17, 15) is 4.79 Å². The van der Waals surface area contributed by atoms with E-state index in [1.165, 1.54) is 0 Å². The molecule has 2 saturated heterocycles. The number of nitrogens with one attached hydrogen (secondary N) is 1. The third-order valence-electron chi connectivity index (χ3n) is 5.18. The van der Waals surface area contributed by atoms with E-state index in [2.05, 4.69) is 10.3 Å². The summed E-state index contributed by atoms with van der Waals surface area (Å²) in [5.41, 5.74) is 0.752. The molecule has 26 heavy (non-hydrogen) atoms. The van der Waals surface area contributed by atoms with Crippen LogP contribution in [0.4, 0.5) is 10.5 Å². The standard InChI is InChI=1S/C20H23N3O3/c1-25-17-5-2-4-14(10-17)22-20(24)23-15-7-8-16(23)12-19(11-15)26-18-6-3-9-21-13-18/h2-6,9-10,13,15-16,19H,7-8,11-12H2,1H3,(H,22,24). The number of hydrogen-bond acceptors (Lipinski definition) is 4. The summed E-state index contributed by atoms with van der Waals surface area (Å²) in [6.45, 7) is 0. The molecule has 2 aliphatic heterocycles. The molecule has 2 bridgehead atoms. The van der Waals surface area contributed by atoms with Crippen molar-refractivity contribution < 1.29 is 14.3 Å². The molecule has 1 N–H and O–H groups in total. The number of benzene rings is 1. The van der Waals surface area contributed by atoms with E-state index < -0.39 is 0 Å². The molecule has 2 unspecified atom stereocenters. The van der Waals surface area contributed by atoms with E-state index in [0.717, 1.165) is 42.9 Å². The second-order valence-corrected chi connectivity index (χ2v) is 6.85. The topological polar surface area (TPSA) is 63.7 Å². The first-order valence-corrected chi connectivity index (χ1v) is 9.03. The number of carbonyl (C=O) groups is 1. The van der Waals surface area contributed by atoms with Crippen molar-refractivity contribution in [3.63, 3.8) is 0 Å². The second-order valence-electron chi connectivity index (χ2n) is 6.85. The first-order valence-electron chi connectivity index (χ1n) is 9.03. The molecule has 1 aromatic carbocycles. The largest absolute Gasteiger partial charge is 0.497 e. The lowest BCUT2D eigenvalue weighted by atomic mass is 10.00. The molecule has 6 nitrogen and oxygen atoms in total. The van der Waals surface area contributed by atoms with Crippen molar-refractivity contribution >= 4 is 11.7 Å². The number of carbonyl (C=O) groups excluding carboxylic acids is 1. The molecule has 2 amide bonds. The average molecular weight is 353 g/mol. The van der Waals surface area contributed by atoms with E-state index in [0.29, 0.717) is 0 Å². The lowest BCUT2D eigenvalue weighted by molar-refractivity contribution is 0.0730. The van der Waals surface area contributed by atoms with Crippen LogP contribution >= 0.6 is 0 Å². The predicted molar refractivity (Wildman–Crippen MR) is 98.5 cm³/mol. The van der Waals surface area contributed by atoms with Gasteiger partial charge in [0, 0.05) is 42.9 Å². The van der Waals surface area contributed by atoms with Gasteiger partial charge in [-0.3, -0.25) is 4.98 Å². The number of pyridine rings is 1. The Balaban J connectivity index is 1.40. The van der Waals surface area contributed by atoms with Crippen LogP contribution in [0.25, 0.3) is 0 Å². The third kappa shape index (κ3) is 3.45. The number of rotatable bonds is 4. The number of fused-ring (bicyclic) bond motifs is 2. The van der Waals surface area contributed by atoms with Gasteiger partial charge in [0.1, 0.15) is 17.6 Å². The van der Waals surface area contributed by atoms with Gasteiger partial charge in [-0.1, -0.05) is 6.07 Å². The zero-order valence-corrected chi connectivity index (χ0v) is 14.8. The number of methoxy groups -OCH3 is 1. The Morgan fingerprint density at radius 3 is 2.62 bits per heavy atom. The van der Waals surface area contributed by atoms with Gasteiger partial charge in [0.2, 0.25) is 0 Å². The van der Waals surface area contributed by atoms with Gasteiger partial charge in [0.05, 0.1) is 13.3 Å². The van der Waals surface area contributed by atoms with Crippen LogP contribution in [0.1, 0.15) is 25.7 Å². The number of urea groups is 1. The quantitative estimate of drug-likeness (QED) is 0.910. The van der Waals surface area contributed by atoms with Gasteiger partial charge in [-0.2, -0.15) is 0 Å². The zero-order valence-electron chi connectivity index (χ0n) is 14.8. The lowest BCUT2D eigenvalue weighted by Crippen LogP contribution is -2.50. The van der Waals surface area contributed by atoms with Crippen molar-refractivity contribution in [3.8, 4) is 11.5 Å². The van der Waals surface area contributed by atoms with Crippen LogP contribution in [0, 0.1) is 0 Å². The number of amides is 2. The smallest absolute Gasteiger partial charge is 0.322 e. The minimum atomic E-state index is -0.0365. The van der Waals surface area contributed by atoms with Crippen LogP contribution in [0.5, 0.6) is 11.5 Å². The van der Waals surface area contributed by atoms with Crippen LogP contribution in [0.3, 0.4) is 0 Å². The Morgan fingerprint density at radius 2 is 1.92 bits per heavy atom. The molecular formula is C20H23N3O3. The SMILES string of the molecule is COc1cccc(NC(=O)N2C3CCC2CC(Oc2cccnc2)C3)c1. The van der Waals surface area contributed by atoms with Crippen molar-refractivity contribution in [1.29, 1.82) is 0 Å². The summed E-state index contributed by atoms with van der Waals surface area (Å²) in [4.78, 5) is 18.9. The summed E-state index contributed by atoms with van der Waals surface area (Å²) in [6.07, 6.45) is 7.39. The molecule has 2 fully saturated rings. The predicted octanol–water partition coefficient (Wildman–Crippen LogP) is 3.70. The van der Waals surface area contributed by atoms with Crippen molar-refractivity contribution in [2.45, 2.75) is 43.9 Å². The maximum absolute atomic E-state index is 12.8. The van der Waals surface area contributed by atoms with E-state index in [-0.39, 0.29) is 24.2 Å². The molecule has 4 rings (SSSR count). The Labute approximate surface area is 153 Å². The number of piperidine rings is 1. The van der Waals surface area contributed by atoms with Gasteiger partial charge < -0.3 is 19.7 Å². The zero-order chi connectivity index (χ0) is 17.9. The highest BCUT2D eigenvalue weighted by molar-refractivity contribution is 5.90. The average Bonchev–Trinajstić information content (AvgIpc) is 2.94. The summed E-state index contributed by atoms with van der Waals surface area (Å²) in [5.74, 6) is 1.53. The lowest BCUT2D eigenvalue weighted by Gasteiger charge is -2.38. The van der Waals surface area contributed by atoms with Crippen LogP contribution in [0.15, 0.2) is 48.8 Å². The van der Waals surface area contributed by atoms with Crippen LogP contribution in [-0.4, -0.2) is 41.2 Å². The van der Waals surface area contributed by atoms with Gasteiger partial charge in [0.25, 0.3) is 0 Å². The molecule has 136 valence electrons. The third-order valence-corrected chi connectivity index (χ3v) is 5.18. The number of hydrogen-bond donors (Lipinski definition) is 1. The van der Waals surface area contributed by atoms with Crippen molar-refractivity contribution in [2.24, 2.45) is 0 Å². The molecule has 2 aliphatic rings. The van der Waals surface area contributed by atoms with Crippen molar-refractivity contribution in [1.82, 2.24) is 9.88 Å². The molecule has 0 saturated carbocycles. The summed E-state index contributed by atoms with van der Waals surface area (Å²) in [5, 5.41) is 3.01. The summed E-state index contributed by atoms with van der Waals surface area (Å²) in [6, 6.07) is 11.7. The van der Waals surface area contributed by atoms with Crippen LogP contribution in [-0.2, 0) is 0 Å². The maximum Gasteiger partial charge on any atom is 0.322 e. The molecule has 1 aromatic heterocycles. The number of ether oxygens (including phenoxy) is 2. The van der Waals surface area contributed by atoms with E-state index in [4.69, 9.17) is 9.47 Å². The fourth-order valence-corrected chi connectivity index (χ4v) is 4.05. The van der Waals surface area contributed by atoms with E-state index >= 15 is 0 Å². The second kappa shape index (κ2) is 7.23.